The molecule has 7 nitrogen and oxygen atoms in total. The Hall–Kier alpha value is -3.07. The van der Waals surface area contributed by atoms with Gasteiger partial charge in [0.2, 0.25) is 0 Å². The quantitative estimate of drug-likeness (QED) is 0.586. The molecule has 0 aliphatic carbocycles. The number of nitrogens with one attached hydrogen (secondary N) is 1. The van der Waals surface area contributed by atoms with Crippen LogP contribution in [0.1, 0.15) is 9.67 Å². The number of nitrogens with zero attached hydrogens (tertiary/aromatic N) is 3. The van der Waals surface area contributed by atoms with Crippen molar-refractivity contribution in [1.29, 1.82) is 0 Å². The van der Waals surface area contributed by atoms with E-state index in [0.717, 1.165) is 11.3 Å². The summed E-state index contributed by atoms with van der Waals surface area (Å²) in [7, 11) is 0. The van der Waals surface area contributed by atoms with Crippen molar-refractivity contribution < 1.29 is 14.1 Å². The number of nitro groups is 1. The molecule has 0 bridgehead atoms. The number of aromatic nitrogens is 2. The molecule has 1 aromatic carbocycles. The Kier molecular flexibility index (Phi) is 3.85. The number of para-hydroxylation sites is 1. The molecule has 0 atom stereocenters. The number of hydrogen-bond acceptors (Lipinski definition) is 5. The largest absolute Gasteiger partial charge is 0.324 e. The van der Waals surface area contributed by atoms with Gasteiger partial charge in [0.15, 0.2) is 0 Å². The number of thiophene rings is 1. The molecule has 0 radical (unpaired) electrons. The summed E-state index contributed by atoms with van der Waals surface area (Å²) in [6.45, 7) is 0. The molecule has 0 aliphatic rings. The van der Waals surface area contributed by atoms with E-state index in [4.69, 9.17) is 0 Å². The first-order chi connectivity index (χ1) is 11.0. The first-order valence-electron chi connectivity index (χ1n) is 6.40. The van der Waals surface area contributed by atoms with Crippen LogP contribution in [0.15, 0.2) is 48.8 Å². The Bertz CT molecular complexity index is 890. The highest BCUT2D eigenvalue weighted by Gasteiger charge is 2.16. The molecule has 0 spiro atoms. The fourth-order valence-electron chi connectivity index (χ4n) is 1.90. The molecular formula is C14H9FN4O3S. The molecule has 9 heteroatoms. The number of anilines is 1. The van der Waals surface area contributed by atoms with Gasteiger partial charge in [0, 0.05) is 6.07 Å². The second-order valence-corrected chi connectivity index (χ2v) is 5.54. The van der Waals surface area contributed by atoms with E-state index in [-0.39, 0.29) is 15.6 Å². The Labute approximate surface area is 133 Å². The van der Waals surface area contributed by atoms with Gasteiger partial charge in [0.25, 0.3) is 5.91 Å². The second-order valence-electron chi connectivity index (χ2n) is 4.47. The number of rotatable bonds is 4. The van der Waals surface area contributed by atoms with Gasteiger partial charge in [-0.3, -0.25) is 14.9 Å². The van der Waals surface area contributed by atoms with Gasteiger partial charge in [-0.15, -0.1) is 0 Å². The molecule has 3 rings (SSSR count). The maximum absolute atomic E-state index is 13.7. The van der Waals surface area contributed by atoms with E-state index in [2.05, 4.69) is 10.4 Å². The van der Waals surface area contributed by atoms with Crippen LogP contribution in [0, 0.1) is 15.9 Å². The zero-order valence-electron chi connectivity index (χ0n) is 11.5. The molecule has 23 heavy (non-hydrogen) atoms. The van der Waals surface area contributed by atoms with E-state index in [1.807, 2.05) is 0 Å². The second kappa shape index (κ2) is 5.97. The van der Waals surface area contributed by atoms with Crippen LogP contribution in [0.25, 0.3) is 5.69 Å². The highest BCUT2D eigenvalue weighted by Crippen LogP contribution is 2.25. The Morgan fingerprint density at radius 2 is 2.09 bits per heavy atom. The molecule has 0 unspecified atom stereocenters. The maximum atomic E-state index is 13.7. The molecule has 116 valence electrons. The summed E-state index contributed by atoms with van der Waals surface area (Å²) in [5.41, 5.74) is 0.606. The number of hydrogen-bond donors (Lipinski definition) is 1. The maximum Gasteiger partial charge on any atom is 0.324 e. The summed E-state index contributed by atoms with van der Waals surface area (Å²) in [5.74, 6) is -0.932. The standard InChI is InChI=1S/C14H9FN4O3S/c15-10-3-1-2-4-11(10)18-8-9(7-16-18)17-14(20)12-5-6-13(23-12)19(21)22/h1-8H,(H,17,20). The molecule has 1 amide bonds. The molecule has 0 saturated carbocycles. The smallest absolute Gasteiger partial charge is 0.319 e. The predicted octanol–water partition coefficient (Wildman–Crippen LogP) is 3.23. The van der Waals surface area contributed by atoms with Crippen molar-refractivity contribution in [3.05, 3.63) is 69.6 Å². The third-order valence-corrected chi connectivity index (χ3v) is 3.97. The topological polar surface area (TPSA) is 90.1 Å². The van der Waals surface area contributed by atoms with Crippen molar-refractivity contribution >= 4 is 27.9 Å². The third kappa shape index (κ3) is 3.09. The van der Waals surface area contributed by atoms with Crippen LogP contribution in [0.3, 0.4) is 0 Å². The van der Waals surface area contributed by atoms with Crippen LogP contribution in [-0.4, -0.2) is 20.6 Å². The van der Waals surface area contributed by atoms with Crippen molar-refractivity contribution in [3.8, 4) is 5.69 Å². The summed E-state index contributed by atoms with van der Waals surface area (Å²) in [6, 6.07) is 8.73. The molecule has 2 aromatic heterocycles. The van der Waals surface area contributed by atoms with Gasteiger partial charge < -0.3 is 5.32 Å². The Morgan fingerprint density at radius 3 is 2.78 bits per heavy atom. The molecule has 3 aromatic rings. The van der Waals surface area contributed by atoms with E-state index < -0.39 is 16.6 Å². The van der Waals surface area contributed by atoms with Crippen LogP contribution >= 0.6 is 11.3 Å². The summed E-state index contributed by atoms with van der Waals surface area (Å²) in [6.07, 6.45) is 2.82. The van der Waals surface area contributed by atoms with Crippen LogP contribution in [-0.2, 0) is 0 Å². The molecule has 0 saturated heterocycles. The van der Waals surface area contributed by atoms with Gasteiger partial charge in [0.05, 0.1) is 27.9 Å². The normalized spacial score (nSPS) is 10.5. The lowest BCUT2D eigenvalue weighted by molar-refractivity contribution is -0.380. The van der Waals surface area contributed by atoms with Gasteiger partial charge in [-0.05, 0) is 18.2 Å². The highest BCUT2D eigenvalue weighted by atomic mass is 32.1. The number of carbonyl (C=O) groups is 1. The van der Waals surface area contributed by atoms with E-state index in [9.17, 15) is 19.3 Å². The Morgan fingerprint density at radius 1 is 1.30 bits per heavy atom. The highest BCUT2D eigenvalue weighted by molar-refractivity contribution is 7.17. The van der Waals surface area contributed by atoms with Gasteiger partial charge >= 0.3 is 5.00 Å². The van der Waals surface area contributed by atoms with Crippen molar-refractivity contribution in [2.24, 2.45) is 0 Å². The van der Waals surface area contributed by atoms with Gasteiger partial charge in [-0.1, -0.05) is 23.5 Å². The Balaban J connectivity index is 1.77. The van der Waals surface area contributed by atoms with E-state index in [0.29, 0.717) is 5.69 Å². The summed E-state index contributed by atoms with van der Waals surface area (Å²) >= 11 is 0.776. The lowest BCUT2D eigenvalue weighted by Crippen LogP contribution is -2.09. The number of benzene rings is 1. The van der Waals surface area contributed by atoms with E-state index in [1.165, 1.54) is 35.3 Å². The zero-order chi connectivity index (χ0) is 16.4. The minimum atomic E-state index is -0.558. The van der Waals surface area contributed by atoms with Crippen LogP contribution in [0.2, 0.25) is 0 Å². The van der Waals surface area contributed by atoms with E-state index in [1.54, 1.807) is 18.2 Å². The minimum absolute atomic E-state index is 0.114. The lowest BCUT2D eigenvalue weighted by atomic mass is 10.3. The van der Waals surface area contributed by atoms with Gasteiger partial charge in [0.1, 0.15) is 11.5 Å². The summed E-state index contributed by atoms with van der Waals surface area (Å²) < 4.78 is 15.0. The zero-order valence-corrected chi connectivity index (χ0v) is 12.3. The van der Waals surface area contributed by atoms with Crippen LogP contribution in [0.5, 0.6) is 0 Å². The molecule has 2 heterocycles. The number of amides is 1. The fourth-order valence-corrected chi connectivity index (χ4v) is 2.61. The van der Waals surface area contributed by atoms with Crippen molar-refractivity contribution in [2.45, 2.75) is 0 Å². The fraction of sp³-hybridized carbons (Fsp3) is 0. The third-order valence-electron chi connectivity index (χ3n) is 2.94. The first-order valence-corrected chi connectivity index (χ1v) is 7.21. The van der Waals surface area contributed by atoms with Gasteiger partial charge in [-0.25, -0.2) is 9.07 Å². The lowest BCUT2D eigenvalue weighted by Gasteiger charge is -2.02. The van der Waals surface area contributed by atoms with Crippen molar-refractivity contribution in [3.63, 3.8) is 0 Å². The van der Waals surface area contributed by atoms with E-state index >= 15 is 0 Å². The molecule has 1 N–H and O–H groups in total. The summed E-state index contributed by atoms with van der Waals surface area (Å²) in [5, 5.41) is 17.1. The SMILES string of the molecule is O=C(Nc1cnn(-c2ccccc2F)c1)c1ccc([N+](=O)[O-])s1. The van der Waals surface area contributed by atoms with Crippen LogP contribution < -0.4 is 5.32 Å². The predicted molar refractivity (Wildman–Crippen MR) is 82.4 cm³/mol. The number of carbonyl (C=O) groups excluding carboxylic acids is 1. The molecule has 0 aliphatic heterocycles. The first kappa shape index (κ1) is 14.9. The summed E-state index contributed by atoms with van der Waals surface area (Å²) in [4.78, 5) is 22.3. The van der Waals surface area contributed by atoms with Gasteiger partial charge in [-0.2, -0.15) is 5.10 Å². The van der Waals surface area contributed by atoms with Crippen LogP contribution in [0.4, 0.5) is 15.1 Å². The average Bonchev–Trinajstić information content (AvgIpc) is 3.16. The van der Waals surface area contributed by atoms with Crippen molar-refractivity contribution in [1.82, 2.24) is 9.78 Å². The molecular weight excluding hydrogens is 323 g/mol. The monoisotopic (exact) mass is 332 g/mol. The average molecular weight is 332 g/mol. The number of halogens is 1. The minimum Gasteiger partial charge on any atom is -0.319 e. The van der Waals surface area contributed by atoms with Crippen molar-refractivity contribution in [2.75, 3.05) is 5.32 Å². The molecule has 0 fully saturated rings.